The Hall–Kier alpha value is -3.95. The maximum absolute atomic E-state index is 12.7. The maximum atomic E-state index is 12.7. The molecule has 0 saturated carbocycles. The van der Waals surface area contributed by atoms with Crippen molar-refractivity contribution in [1.82, 2.24) is 0 Å². The second-order valence-electron chi connectivity index (χ2n) is 7.40. The van der Waals surface area contributed by atoms with Gasteiger partial charge in [0, 0.05) is 11.8 Å². The summed E-state index contributed by atoms with van der Waals surface area (Å²) in [5.41, 5.74) is 3.09. The molecule has 0 unspecified atom stereocenters. The molecule has 0 fully saturated rings. The summed E-state index contributed by atoms with van der Waals surface area (Å²) in [5, 5.41) is 12.6. The number of anilines is 1. The molecular formula is C27H25ClN2O4. The van der Waals surface area contributed by atoms with Gasteiger partial charge in [-0.15, -0.1) is 0 Å². The molecule has 0 saturated heterocycles. The molecule has 0 heterocycles. The minimum absolute atomic E-state index is 0.0895. The first kappa shape index (κ1) is 24.7. The third-order valence-electron chi connectivity index (χ3n) is 4.80. The van der Waals surface area contributed by atoms with Gasteiger partial charge >= 0.3 is 0 Å². The average molecular weight is 477 g/mol. The number of methoxy groups -OCH3 is 1. The van der Waals surface area contributed by atoms with E-state index in [-0.39, 0.29) is 5.57 Å². The van der Waals surface area contributed by atoms with Crippen LogP contribution in [0.5, 0.6) is 17.2 Å². The van der Waals surface area contributed by atoms with Crippen LogP contribution in [0, 0.1) is 18.3 Å². The summed E-state index contributed by atoms with van der Waals surface area (Å²) in [6.07, 6.45) is 1.44. The van der Waals surface area contributed by atoms with Gasteiger partial charge in [0.05, 0.1) is 18.7 Å². The summed E-state index contributed by atoms with van der Waals surface area (Å²) in [6.45, 7) is 4.71. The van der Waals surface area contributed by atoms with Crippen molar-refractivity contribution in [1.29, 1.82) is 5.26 Å². The molecule has 1 N–H and O–H groups in total. The Morgan fingerprint density at radius 3 is 2.62 bits per heavy atom. The van der Waals surface area contributed by atoms with Crippen molar-refractivity contribution < 1.29 is 19.0 Å². The highest BCUT2D eigenvalue weighted by Gasteiger charge is 2.15. The fraction of sp³-hybridized carbons (Fsp3) is 0.185. The zero-order valence-electron chi connectivity index (χ0n) is 19.2. The van der Waals surface area contributed by atoms with Crippen molar-refractivity contribution in [2.75, 3.05) is 19.0 Å². The Bertz CT molecular complexity index is 1250. The molecule has 174 valence electrons. The predicted molar refractivity (Wildman–Crippen MR) is 133 cm³/mol. The molecule has 0 radical (unpaired) electrons. The number of nitrogens with one attached hydrogen (secondary N) is 1. The van der Waals surface area contributed by atoms with E-state index in [1.165, 1.54) is 13.2 Å². The SMILES string of the molecule is CCOc1cccc(NC(=O)/C(C#N)=C\c2cc(Cl)c(OCc3cccc(C)c3)c(OC)c2)c1. The highest BCUT2D eigenvalue weighted by molar-refractivity contribution is 6.32. The van der Waals surface area contributed by atoms with Crippen LogP contribution in [0.15, 0.2) is 66.2 Å². The molecule has 3 rings (SSSR count). The minimum Gasteiger partial charge on any atom is -0.494 e. The Balaban J connectivity index is 1.80. The number of ether oxygens (including phenoxy) is 3. The van der Waals surface area contributed by atoms with E-state index in [0.717, 1.165) is 11.1 Å². The van der Waals surface area contributed by atoms with Crippen molar-refractivity contribution >= 4 is 29.3 Å². The molecule has 1 amide bonds. The maximum Gasteiger partial charge on any atom is 0.266 e. The summed E-state index contributed by atoms with van der Waals surface area (Å²) in [7, 11) is 1.50. The molecule has 34 heavy (non-hydrogen) atoms. The van der Waals surface area contributed by atoms with Gasteiger partial charge in [0.2, 0.25) is 0 Å². The van der Waals surface area contributed by atoms with E-state index < -0.39 is 5.91 Å². The van der Waals surface area contributed by atoms with E-state index in [1.54, 1.807) is 36.4 Å². The zero-order valence-corrected chi connectivity index (χ0v) is 20.0. The third kappa shape index (κ3) is 6.53. The van der Waals surface area contributed by atoms with Gasteiger partial charge < -0.3 is 19.5 Å². The lowest BCUT2D eigenvalue weighted by Crippen LogP contribution is -2.13. The molecule has 0 aliphatic carbocycles. The van der Waals surface area contributed by atoms with Crippen molar-refractivity contribution in [2.45, 2.75) is 20.5 Å². The smallest absolute Gasteiger partial charge is 0.266 e. The fourth-order valence-corrected chi connectivity index (χ4v) is 3.54. The summed E-state index contributed by atoms with van der Waals surface area (Å²) < 4.78 is 16.8. The molecule has 6 nitrogen and oxygen atoms in total. The number of nitriles is 1. The monoisotopic (exact) mass is 476 g/mol. The second kappa shape index (κ2) is 11.8. The molecule has 7 heteroatoms. The van der Waals surface area contributed by atoms with Crippen molar-refractivity contribution in [3.05, 3.63) is 87.9 Å². The number of carbonyl (C=O) groups is 1. The summed E-state index contributed by atoms with van der Waals surface area (Å²) in [4.78, 5) is 12.7. The Morgan fingerprint density at radius 2 is 1.91 bits per heavy atom. The fourth-order valence-electron chi connectivity index (χ4n) is 3.26. The molecular weight excluding hydrogens is 452 g/mol. The van der Waals surface area contributed by atoms with Crippen LogP contribution in [0.2, 0.25) is 5.02 Å². The molecule has 0 bridgehead atoms. The second-order valence-corrected chi connectivity index (χ2v) is 7.80. The van der Waals surface area contributed by atoms with E-state index in [9.17, 15) is 10.1 Å². The summed E-state index contributed by atoms with van der Waals surface area (Å²) in [5.74, 6) is 0.860. The average Bonchev–Trinajstić information content (AvgIpc) is 2.82. The number of nitrogens with zero attached hydrogens (tertiary/aromatic N) is 1. The molecule has 0 aliphatic rings. The standard InChI is InChI=1S/C27H25ClN2O4/c1-4-33-23-10-6-9-22(15-23)30-27(31)21(16-29)12-20-13-24(28)26(25(14-20)32-3)34-17-19-8-5-7-18(2)11-19/h5-15H,4,17H2,1-3H3,(H,30,31)/b21-12-. The van der Waals surface area contributed by atoms with E-state index in [0.29, 0.717) is 46.7 Å². The van der Waals surface area contributed by atoms with E-state index in [1.807, 2.05) is 44.2 Å². The van der Waals surface area contributed by atoms with Crippen LogP contribution in [-0.4, -0.2) is 19.6 Å². The lowest BCUT2D eigenvalue weighted by Gasteiger charge is -2.14. The number of benzene rings is 3. The Morgan fingerprint density at radius 1 is 1.12 bits per heavy atom. The summed E-state index contributed by atoms with van der Waals surface area (Å²) in [6, 6.07) is 20.1. The van der Waals surface area contributed by atoms with Gasteiger partial charge in [-0.1, -0.05) is 47.5 Å². The van der Waals surface area contributed by atoms with Gasteiger partial charge in [0.25, 0.3) is 5.91 Å². The summed E-state index contributed by atoms with van der Waals surface area (Å²) >= 11 is 6.46. The quantitative estimate of drug-likeness (QED) is 0.294. The van der Waals surface area contributed by atoms with Crippen molar-refractivity contribution in [2.24, 2.45) is 0 Å². The zero-order chi connectivity index (χ0) is 24.5. The third-order valence-corrected chi connectivity index (χ3v) is 5.08. The van der Waals surface area contributed by atoms with E-state index >= 15 is 0 Å². The van der Waals surface area contributed by atoms with Gasteiger partial charge in [-0.3, -0.25) is 4.79 Å². The predicted octanol–water partition coefficient (Wildman–Crippen LogP) is 6.18. The van der Waals surface area contributed by atoms with Crippen LogP contribution in [0.25, 0.3) is 6.08 Å². The molecule has 3 aromatic rings. The molecule has 0 spiro atoms. The van der Waals surface area contributed by atoms with Gasteiger partial charge in [-0.2, -0.15) is 5.26 Å². The first-order chi connectivity index (χ1) is 16.4. The van der Waals surface area contributed by atoms with Crippen LogP contribution in [-0.2, 0) is 11.4 Å². The Labute approximate surface area is 204 Å². The lowest BCUT2D eigenvalue weighted by molar-refractivity contribution is -0.112. The largest absolute Gasteiger partial charge is 0.494 e. The molecule has 0 aliphatic heterocycles. The highest BCUT2D eigenvalue weighted by Crippen LogP contribution is 2.37. The molecule has 0 atom stereocenters. The van der Waals surface area contributed by atoms with Gasteiger partial charge in [0.15, 0.2) is 11.5 Å². The van der Waals surface area contributed by atoms with Crippen molar-refractivity contribution in [3.63, 3.8) is 0 Å². The van der Waals surface area contributed by atoms with Gasteiger partial charge in [-0.05, 0) is 55.3 Å². The number of halogens is 1. The topological polar surface area (TPSA) is 80.6 Å². The van der Waals surface area contributed by atoms with Gasteiger partial charge in [-0.25, -0.2) is 0 Å². The van der Waals surface area contributed by atoms with Crippen LogP contribution in [0.4, 0.5) is 5.69 Å². The van der Waals surface area contributed by atoms with Crippen LogP contribution >= 0.6 is 11.6 Å². The Kier molecular flexibility index (Phi) is 8.55. The number of amides is 1. The number of aryl methyl sites for hydroxylation is 1. The molecule has 3 aromatic carbocycles. The lowest BCUT2D eigenvalue weighted by atomic mass is 10.1. The highest BCUT2D eigenvalue weighted by atomic mass is 35.5. The van der Waals surface area contributed by atoms with E-state index in [4.69, 9.17) is 25.8 Å². The number of carbonyl (C=O) groups excluding carboxylic acids is 1. The van der Waals surface area contributed by atoms with Crippen LogP contribution < -0.4 is 19.5 Å². The van der Waals surface area contributed by atoms with Crippen LogP contribution in [0.3, 0.4) is 0 Å². The van der Waals surface area contributed by atoms with Crippen LogP contribution in [0.1, 0.15) is 23.6 Å². The minimum atomic E-state index is -0.550. The number of hydrogen-bond donors (Lipinski definition) is 1. The van der Waals surface area contributed by atoms with E-state index in [2.05, 4.69) is 5.32 Å². The first-order valence-electron chi connectivity index (χ1n) is 10.7. The number of rotatable bonds is 9. The van der Waals surface area contributed by atoms with Gasteiger partial charge in [0.1, 0.15) is 24.0 Å². The first-order valence-corrected chi connectivity index (χ1v) is 11.0. The normalized spacial score (nSPS) is 10.9. The number of hydrogen-bond acceptors (Lipinski definition) is 5. The molecule has 0 aromatic heterocycles. The van der Waals surface area contributed by atoms with Crippen molar-refractivity contribution in [3.8, 4) is 23.3 Å².